The molecule has 1 aliphatic heterocycles. The number of nitrogens with one attached hydrogen (secondary N) is 3. The lowest BCUT2D eigenvalue weighted by Crippen LogP contribution is -2.58. The minimum Gasteiger partial charge on any atom is -0.485 e. The summed E-state index contributed by atoms with van der Waals surface area (Å²) in [6.07, 6.45) is -6.88. The average Bonchev–Trinajstić information content (AvgIpc) is 2.93. The summed E-state index contributed by atoms with van der Waals surface area (Å²) >= 11 is 0. The summed E-state index contributed by atoms with van der Waals surface area (Å²) in [4.78, 5) is 38.5. The molecule has 0 aliphatic carbocycles. The van der Waals surface area contributed by atoms with Gasteiger partial charge in [-0.3, -0.25) is 14.4 Å². The van der Waals surface area contributed by atoms with Gasteiger partial charge in [0.2, 0.25) is 11.8 Å². The maximum atomic E-state index is 13.7. The zero-order chi connectivity index (χ0) is 27.6. The Morgan fingerprint density at radius 1 is 1.00 bits per heavy atom. The highest BCUT2D eigenvalue weighted by atomic mass is 19.4. The number of rotatable bonds is 7. The van der Waals surface area contributed by atoms with Crippen LogP contribution in [0.1, 0.15) is 19.4 Å². The number of carbonyl (C=O) groups excluding carboxylic acids is 3. The third-order valence-corrected chi connectivity index (χ3v) is 5.72. The molecule has 0 radical (unpaired) electrons. The lowest BCUT2D eigenvalue weighted by molar-refractivity contribution is -0.278. The molecule has 3 N–H and O–H groups in total. The molecule has 1 heterocycles. The number of halogens is 6. The Morgan fingerprint density at radius 2 is 1.65 bits per heavy atom. The molecule has 0 unspecified atom stereocenters. The molecule has 2 aromatic rings. The van der Waals surface area contributed by atoms with Gasteiger partial charge in [0.1, 0.15) is 29.1 Å². The zero-order valence-corrected chi connectivity index (χ0v) is 19.6. The minimum absolute atomic E-state index is 0.00815. The summed E-state index contributed by atoms with van der Waals surface area (Å²) in [7, 11) is 0. The van der Waals surface area contributed by atoms with Gasteiger partial charge in [0.05, 0.1) is 12.2 Å². The fourth-order valence-electron chi connectivity index (χ4n) is 3.41. The molecule has 0 fully saturated rings. The van der Waals surface area contributed by atoms with Crippen molar-refractivity contribution in [2.45, 2.75) is 44.5 Å². The van der Waals surface area contributed by atoms with E-state index in [4.69, 9.17) is 4.74 Å². The molecule has 13 heteroatoms. The van der Waals surface area contributed by atoms with Crippen LogP contribution in [0.25, 0.3) is 0 Å². The molecule has 3 amide bonds. The van der Waals surface area contributed by atoms with Gasteiger partial charge in [0.25, 0.3) is 5.91 Å². The number of benzene rings is 2. The van der Waals surface area contributed by atoms with Crippen molar-refractivity contribution in [3.05, 3.63) is 59.9 Å². The molecule has 1 aliphatic rings. The van der Waals surface area contributed by atoms with E-state index < -0.39 is 59.7 Å². The Morgan fingerprint density at radius 3 is 2.27 bits per heavy atom. The number of hydrogen-bond acceptors (Lipinski definition) is 4. The van der Waals surface area contributed by atoms with Gasteiger partial charge in [0, 0.05) is 12.5 Å². The van der Waals surface area contributed by atoms with E-state index >= 15 is 0 Å². The predicted octanol–water partition coefficient (Wildman–Crippen LogP) is 3.59. The van der Waals surface area contributed by atoms with Crippen LogP contribution >= 0.6 is 0 Å². The van der Waals surface area contributed by atoms with Crippen LogP contribution < -0.4 is 20.7 Å². The summed E-state index contributed by atoms with van der Waals surface area (Å²) in [6, 6.07) is 10.6. The molecule has 7 nitrogen and oxygen atoms in total. The second kappa shape index (κ2) is 10.3. The van der Waals surface area contributed by atoms with E-state index in [-0.39, 0.29) is 17.9 Å². The molecule has 0 aromatic heterocycles. The van der Waals surface area contributed by atoms with Crippen molar-refractivity contribution in [1.82, 2.24) is 10.6 Å². The second-order valence-corrected chi connectivity index (χ2v) is 8.94. The summed E-state index contributed by atoms with van der Waals surface area (Å²) < 4.78 is 83.4. The quantitative estimate of drug-likeness (QED) is 0.376. The second-order valence-electron chi connectivity index (χ2n) is 8.94. The number of anilines is 1. The third kappa shape index (κ3) is 6.33. The Hall–Kier alpha value is -3.77. The highest BCUT2D eigenvalue weighted by molar-refractivity contribution is 6.07. The monoisotopic (exact) mass is 531 g/mol. The first-order valence-electron chi connectivity index (χ1n) is 11.0. The van der Waals surface area contributed by atoms with E-state index in [2.05, 4.69) is 10.6 Å². The Bertz CT molecular complexity index is 1170. The van der Waals surface area contributed by atoms with E-state index in [1.807, 2.05) is 0 Å². The van der Waals surface area contributed by atoms with Gasteiger partial charge in [-0.1, -0.05) is 30.3 Å². The van der Waals surface area contributed by atoms with Gasteiger partial charge in [0.15, 0.2) is 0 Å². The lowest BCUT2D eigenvalue weighted by Gasteiger charge is -2.30. The summed E-state index contributed by atoms with van der Waals surface area (Å²) in [6.45, 7) is -0.0824. The van der Waals surface area contributed by atoms with Gasteiger partial charge in [-0.25, -0.2) is 4.39 Å². The van der Waals surface area contributed by atoms with Crippen molar-refractivity contribution in [1.29, 1.82) is 0 Å². The number of amides is 3. The van der Waals surface area contributed by atoms with Crippen LogP contribution in [-0.2, 0) is 20.8 Å². The average molecular weight is 531 g/mol. The van der Waals surface area contributed by atoms with E-state index in [1.165, 1.54) is 11.4 Å². The van der Waals surface area contributed by atoms with E-state index in [0.29, 0.717) is 5.56 Å². The fraction of sp³-hybridized carbons (Fsp3) is 0.375. The molecule has 0 spiro atoms. The van der Waals surface area contributed by atoms with Crippen LogP contribution in [0.15, 0.2) is 48.5 Å². The van der Waals surface area contributed by atoms with Crippen LogP contribution in [0.4, 0.5) is 32.0 Å². The van der Waals surface area contributed by atoms with Crippen molar-refractivity contribution in [2.24, 2.45) is 5.41 Å². The minimum atomic E-state index is -5.90. The highest BCUT2D eigenvalue weighted by Gasteiger charge is 2.57. The molecule has 37 heavy (non-hydrogen) atoms. The van der Waals surface area contributed by atoms with Crippen LogP contribution in [0.3, 0.4) is 0 Å². The molecule has 2 atom stereocenters. The van der Waals surface area contributed by atoms with Crippen molar-refractivity contribution in [3.63, 3.8) is 0 Å². The SMILES string of the molecule is CC(C)(C(=O)NCC(F)(F)C(F)(F)F)C(=O)N[C@H]1C(=O)Nc2cc(F)ccc2O[C@H]1Cc1ccccc1. The van der Waals surface area contributed by atoms with Crippen LogP contribution in [0.2, 0.25) is 0 Å². The van der Waals surface area contributed by atoms with E-state index in [9.17, 15) is 40.7 Å². The first kappa shape index (κ1) is 27.8. The lowest BCUT2D eigenvalue weighted by atomic mass is 9.89. The summed E-state index contributed by atoms with van der Waals surface area (Å²) in [5.74, 6) is -9.16. The van der Waals surface area contributed by atoms with Crippen molar-refractivity contribution in [3.8, 4) is 5.75 Å². The number of alkyl halides is 5. The Kier molecular flexibility index (Phi) is 7.75. The topological polar surface area (TPSA) is 96.5 Å². The fourth-order valence-corrected chi connectivity index (χ4v) is 3.41. The standard InChI is InChI=1S/C24H23F6N3O4/c1-22(2,20(35)31-12-23(26,27)24(28,29)30)21(36)33-18-17(10-13-6-4-3-5-7-13)37-16-9-8-14(25)11-15(16)32-19(18)34/h3-9,11,17-18H,10,12H2,1-2H3,(H,31,35)(H,32,34)(H,33,36)/t17-,18+/m0/s1. The molecule has 3 rings (SSSR count). The van der Waals surface area contributed by atoms with E-state index in [0.717, 1.165) is 26.0 Å². The zero-order valence-electron chi connectivity index (χ0n) is 19.6. The van der Waals surface area contributed by atoms with Gasteiger partial charge < -0.3 is 20.7 Å². The predicted molar refractivity (Wildman–Crippen MR) is 119 cm³/mol. The van der Waals surface area contributed by atoms with Crippen LogP contribution in [0, 0.1) is 11.2 Å². The van der Waals surface area contributed by atoms with Gasteiger partial charge >= 0.3 is 12.1 Å². The smallest absolute Gasteiger partial charge is 0.455 e. The van der Waals surface area contributed by atoms with Gasteiger partial charge in [-0.05, 0) is 31.5 Å². The largest absolute Gasteiger partial charge is 0.485 e. The molecule has 0 bridgehead atoms. The molecular formula is C24H23F6N3O4. The molecule has 2 aromatic carbocycles. The number of hydrogen-bond donors (Lipinski definition) is 3. The van der Waals surface area contributed by atoms with E-state index in [1.54, 1.807) is 30.3 Å². The Balaban J connectivity index is 1.83. The van der Waals surface area contributed by atoms with Crippen molar-refractivity contribution >= 4 is 23.4 Å². The van der Waals surface area contributed by atoms with Crippen LogP contribution in [0.5, 0.6) is 5.75 Å². The number of fused-ring (bicyclic) bond motifs is 1. The number of carbonyl (C=O) groups is 3. The summed E-state index contributed by atoms with van der Waals surface area (Å²) in [5, 5.41) is 6.21. The highest BCUT2D eigenvalue weighted by Crippen LogP contribution is 2.35. The summed E-state index contributed by atoms with van der Waals surface area (Å²) in [5.41, 5.74) is -1.47. The van der Waals surface area contributed by atoms with Gasteiger partial charge in [-0.2, -0.15) is 22.0 Å². The Labute approximate surface area is 207 Å². The number of ether oxygens (including phenoxy) is 1. The maximum absolute atomic E-state index is 13.7. The first-order valence-corrected chi connectivity index (χ1v) is 11.0. The van der Waals surface area contributed by atoms with Crippen molar-refractivity contribution in [2.75, 3.05) is 11.9 Å². The third-order valence-electron chi connectivity index (χ3n) is 5.72. The molecule has 0 saturated carbocycles. The first-order chi connectivity index (χ1) is 17.1. The van der Waals surface area contributed by atoms with Crippen molar-refractivity contribution < 1.29 is 45.5 Å². The molecule has 200 valence electrons. The molecule has 0 saturated heterocycles. The van der Waals surface area contributed by atoms with Crippen LogP contribution in [-0.4, -0.2) is 48.5 Å². The maximum Gasteiger partial charge on any atom is 0.455 e. The molecular weight excluding hydrogens is 508 g/mol. The normalized spacial score (nSPS) is 18.1. The van der Waals surface area contributed by atoms with Gasteiger partial charge in [-0.15, -0.1) is 0 Å².